The lowest BCUT2D eigenvalue weighted by Crippen LogP contribution is -2.34. The lowest BCUT2D eigenvalue weighted by Gasteiger charge is -2.30. The van der Waals surface area contributed by atoms with Crippen molar-refractivity contribution in [3.05, 3.63) is 11.1 Å². The molecule has 0 aromatic heterocycles. The van der Waals surface area contributed by atoms with Crippen molar-refractivity contribution in [3.63, 3.8) is 0 Å². The normalized spacial score (nSPS) is 16.2. The molecule has 1 rings (SSSR count). The van der Waals surface area contributed by atoms with E-state index in [1.54, 1.807) is 0 Å². The fourth-order valence-corrected chi connectivity index (χ4v) is 1.57. The van der Waals surface area contributed by atoms with Gasteiger partial charge in [-0.2, -0.15) is 0 Å². The smallest absolute Gasteiger partial charge is 0.187 e. The first kappa shape index (κ1) is 10.7. The standard InChI is InChI=1S/C11H20O2/c1-5-12-11(4,13-6-2)9(3)10-7-8-10/h5-8H2,1-4H3. The van der Waals surface area contributed by atoms with Gasteiger partial charge < -0.3 is 9.47 Å². The van der Waals surface area contributed by atoms with Crippen LogP contribution in [0.3, 0.4) is 0 Å². The summed E-state index contributed by atoms with van der Waals surface area (Å²) in [6.45, 7) is 9.53. The fraction of sp³-hybridized carbons (Fsp3) is 0.818. The molecular formula is C11H20O2. The summed E-state index contributed by atoms with van der Waals surface area (Å²) in [7, 11) is 0. The zero-order valence-electron chi connectivity index (χ0n) is 9.14. The zero-order valence-corrected chi connectivity index (χ0v) is 9.14. The maximum atomic E-state index is 5.65. The molecule has 1 aliphatic rings. The highest BCUT2D eigenvalue weighted by Crippen LogP contribution is 2.37. The summed E-state index contributed by atoms with van der Waals surface area (Å²) in [5, 5.41) is 0. The molecule has 1 aliphatic carbocycles. The van der Waals surface area contributed by atoms with Gasteiger partial charge in [0, 0.05) is 13.2 Å². The van der Waals surface area contributed by atoms with Crippen molar-refractivity contribution in [1.29, 1.82) is 0 Å². The van der Waals surface area contributed by atoms with E-state index < -0.39 is 5.79 Å². The Balaban J connectivity index is 2.70. The highest BCUT2D eigenvalue weighted by Gasteiger charge is 2.32. The van der Waals surface area contributed by atoms with E-state index in [1.807, 2.05) is 20.8 Å². The molecule has 13 heavy (non-hydrogen) atoms. The molecule has 2 nitrogen and oxygen atoms in total. The maximum absolute atomic E-state index is 5.65. The van der Waals surface area contributed by atoms with Crippen LogP contribution in [0.15, 0.2) is 11.1 Å². The van der Waals surface area contributed by atoms with Gasteiger partial charge in [-0.1, -0.05) is 5.57 Å². The van der Waals surface area contributed by atoms with Crippen LogP contribution < -0.4 is 0 Å². The average Bonchev–Trinajstić information content (AvgIpc) is 2.86. The molecule has 0 saturated heterocycles. The van der Waals surface area contributed by atoms with Gasteiger partial charge in [0.1, 0.15) is 0 Å². The SMILES string of the molecule is CCOC(C)(OCC)C(C)=C1CC1. The molecule has 0 bridgehead atoms. The van der Waals surface area contributed by atoms with Crippen molar-refractivity contribution in [2.24, 2.45) is 0 Å². The second-order valence-electron chi connectivity index (χ2n) is 3.54. The molecule has 1 saturated carbocycles. The Morgan fingerprint density at radius 2 is 1.69 bits per heavy atom. The number of hydrogen-bond acceptors (Lipinski definition) is 2. The highest BCUT2D eigenvalue weighted by molar-refractivity contribution is 5.28. The molecule has 0 spiro atoms. The summed E-state index contributed by atoms with van der Waals surface area (Å²) in [4.78, 5) is 0. The monoisotopic (exact) mass is 184 g/mol. The number of rotatable bonds is 5. The van der Waals surface area contributed by atoms with Gasteiger partial charge >= 0.3 is 0 Å². The molecule has 0 aromatic rings. The Morgan fingerprint density at radius 3 is 2.00 bits per heavy atom. The third-order valence-corrected chi connectivity index (χ3v) is 2.55. The van der Waals surface area contributed by atoms with Crippen LogP contribution >= 0.6 is 0 Å². The van der Waals surface area contributed by atoms with Gasteiger partial charge in [-0.05, 0) is 46.1 Å². The fourth-order valence-electron chi connectivity index (χ4n) is 1.57. The van der Waals surface area contributed by atoms with Gasteiger partial charge in [-0.15, -0.1) is 0 Å². The van der Waals surface area contributed by atoms with Crippen molar-refractivity contribution in [1.82, 2.24) is 0 Å². The quantitative estimate of drug-likeness (QED) is 0.483. The van der Waals surface area contributed by atoms with E-state index in [4.69, 9.17) is 9.47 Å². The summed E-state index contributed by atoms with van der Waals surface area (Å²) in [5.41, 5.74) is 2.78. The van der Waals surface area contributed by atoms with Crippen molar-refractivity contribution in [3.8, 4) is 0 Å². The molecule has 0 heterocycles. The molecule has 2 heteroatoms. The highest BCUT2D eigenvalue weighted by atomic mass is 16.7. The van der Waals surface area contributed by atoms with Crippen LogP contribution in [0.1, 0.15) is 40.5 Å². The minimum Gasteiger partial charge on any atom is -0.347 e. The van der Waals surface area contributed by atoms with Crippen LogP contribution in [0.5, 0.6) is 0 Å². The van der Waals surface area contributed by atoms with E-state index in [-0.39, 0.29) is 0 Å². The van der Waals surface area contributed by atoms with Gasteiger partial charge in [0.15, 0.2) is 5.79 Å². The lowest BCUT2D eigenvalue weighted by molar-refractivity contribution is -0.194. The van der Waals surface area contributed by atoms with E-state index in [2.05, 4.69) is 6.92 Å². The van der Waals surface area contributed by atoms with Gasteiger partial charge in [-0.25, -0.2) is 0 Å². The van der Waals surface area contributed by atoms with E-state index >= 15 is 0 Å². The maximum Gasteiger partial charge on any atom is 0.187 e. The van der Waals surface area contributed by atoms with Crippen LogP contribution in [0.2, 0.25) is 0 Å². The number of allylic oxidation sites excluding steroid dienone is 1. The van der Waals surface area contributed by atoms with Crippen LogP contribution in [0.4, 0.5) is 0 Å². The third-order valence-electron chi connectivity index (χ3n) is 2.55. The van der Waals surface area contributed by atoms with Gasteiger partial charge in [0.05, 0.1) is 0 Å². The van der Waals surface area contributed by atoms with E-state index in [1.165, 1.54) is 24.0 Å². The average molecular weight is 184 g/mol. The topological polar surface area (TPSA) is 18.5 Å². The first-order chi connectivity index (χ1) is 6.14. The molecular weight excluding hydrogens is 164 g/mol. The first-order valence-corrected chi connectivity index (χ1v) is 5.11. The first-order valence-electron chi connectivity index (χ1n) is 5.11. The predicted molar refractivity (Wildman–Crippen MR) is 53.6 cm³/mol. The Kier molecular flexibility index (Phi) is 3.51. The molecule has 76 valence electrons. The van der Waals surface area contributed by atoms with Crippen molar-refractivity contribution >= 4 is 0 Å². The Bertz CT molecular complexity index is 194. The minimum absolute atomic E-state index is 0.477. The van der Waals surface area contributed by atoms with Crippen molar-refractivity contribution in [2.45, 2.75) is 46.3 Å². The molecule has 0 aromatic carbocycles. The van der Waals surface area contributed by atoms with Crippen LogP contribution in [-0.4, -0.2) is 19.0 Å². The molecule has 0 N–H and O–H groups in total. The lowest BCUT2D eigenvalue weighted by atomic mass is 10.1. The van der Waals surface area contributed by atoms with Gasteiger partial charge in [0.2, 0.25) is 0 Å². The summed E-state index contributed by atoms with van der Waals surface area (Å²) in [5.74, 6) is -0.477. The van der Waals surface area contributed by atoms with E-state index in [0.29, 0.717) is 13.2 Å². The summed E-state index contributed by atoms with van der Waals surface area (Å²) in [6, 6.07) is 0. The second kappa shape index (κ2) is 4.25. The molecule has 0 radical (unpaired) electrons. The van der Waals surface area contributed by atoms with Gasteiger partial charge in [0.25, 0.3) is 0 Å². The van der Waals surface area contributed by atoms with Crippen molar-refractivity contribution in [2.75, 3.05) is 13.2 Å². The largest absolute Gasteiger partial charge is 0.347 e. The van der Waals surface area contributed by atoms with E-state index in [0.717, 1.165) is 0 Å². The third kappa shape index (κ3) is 2.55. The second-order valence-corrected chi connectivity index (χ2v) is 3.54. The van der Waals surface area contributed by atoms with E-state index in [9.17, 15) is 0 Å². The van der Waals surface area contributed by atoms with Crippen LogP contribution in [0.25, 0.3) is 0 Å². The Labute approximate surface area is 80.9 Å². The van der Waals surface area contributed by atoms with Crippen LogP contribution in [0, 0.1) is 0 Å². The number of hydrogen-bond donors (Lipinski definition) is 0. The van der Waals surface area contributed by atoms with Crippen molar-refractivity contribution < 1.29 is 9.47 Å². The van der Waals surface area contributed by atoms with Gasteiger partial charge in [-0.3, -0.25) is 0 Å². The Hall–Kier alpha value is -0.340. The molecule has 0 amide bonds. The molecule has 1 fully saturated rings. The summed E-state index contributed by atoms with van der Waals surface area (Å²) < 4.78 is 11.3. The van der Waals surface area contributed by atoms with Crippen LogP contribution in [-0.2, 0) is 9.47 Å². The minimum atomic E-state index is -0.477. The zero-order chi connectivity index (χ0) is 9.90. The summed E-state index contributed by atoms with van der Waals surface area (Å²) >= 11 is 0. The predicted octanol–water partition coefficient (Wildman–Crippen LogP) is 2.89. The number of ether oxygens (including phenoxy) is 2. The molecule has 0 unspecified atom stereocenters. The molecule has 0 aliphatic heterocycles. The molecule has 0 atom stereocenters. The summed E-state index contributed by atoms with van der Waals surface area (Å²) in [6.07, 6.45) is 2.45. The Morgan fingerprint density at radius 1 is 1.23 bits per heavy atom.